The van der Waals surface area contributed by atoms with Crippen LogP contribution in [0.1, 0.15) is 5.56 Å². The zero-order valence-corrected chi connectivity index (χ0v) is 16.1. The van der Waals surface area contributed by atoms with Gasteiger partial charge in [-0.3, -0.25) is 4.79 Å². The number of ether oxygens (including phenoxy) is 2. The molecule has 0 spiro atoms. The molecule has 1 N–H and O–H groups in total. The lowest BCUT2D eigenvalue weighted by atomic mass is 10.1. The summed E-state index contributed by atoms with van der Waals surface area (Å²) in [6.07, 6.45) is 3.30. The summed E-state index contributed by atoms with van der Waals surface area (Å²) in [6, 6.07) is 13.7. The Hall–Kier alpha value is -2.99. The van der Waals surface area contributed by atoms with Crippen LogP contribution in [0.3, 0.4) is 0 Å². The fourth-order valence-corrected chi connectivity index (χ4v) is 3.34. The van der Waals surface area contributed by atoms with Crippen LogP contribution in [0.2, 0.25) is 0 Å². The maximum Gasteiger partial charge on any atom is 0.248 e. The van der Waals surface area contributed by atoms with Gasteiger partial charge in [-0.2, -0.15) is 0 Å². The Morgan fingerprint density at radius 3 is 2.43 bits per heavy atom. The third-order valence-electron chi connectivity index (χ3n) is 5.00. The number of likely N-dealkylation sites (N-methyl/N-ethyl adjacent to an activating group) is 1. The lowest BCUT2D eigenvalue weighted by molar-refractivity contribution is -0.111. The first-order valence-electron chi connectivity index (χ1n) is 9.60. The van der Waals surface area contributed by atoms with E-state index in [9.17, 15) is 4.79 Å². The summed E-state index contributed by atoms with van der Waals surface area (Å²) >= 11 is 0. The van der Waals surface area contributed by atoms with Crippen LogP contribution < -0.4 is 19.7 Å². The van der Waals surface area contributed by atoms with Crippen molar-refractivity contribution in [1.82, 2.24) is 4.90 Å². The molecule has 1 fully saturated rings. The first-order chi connectivity index (χ1) is 13.7. The van der Waals surface area contributed by atoms with Gasteiger partial charge in [-0.1, -0.05) is 6.07 Å². The van der Waals surface area contributed by atoms with E-state index in [-0.39, 0.29) is 5.91 Å². The number of nitrogens with zero attached hydrogens (tertiary/aromatic N) is 2. The smallest absolute Gasteiger partial charge is 0.248 e. The highest BCUT2D eigenvalue weighted by atomic mass is 16.6. The van der Waals surface area contributed by atoms with Crippen LogP contribution in [0.4, 0.5) is 11.4 Å². The summed E-state index contributed by atoms with van der Waals surface area (Å²) in [5, 5.41) is 2.90. The quantitative estimate of drug-likeness (QED) is 0.828. The highest BCUT2D eigenvalue weighted by Gasteiger charge is 2.14. The molecular formula is C22H25N3O3. The number of fused-ring (bicyclic) bond motifs is 1. The molecule has 4 rings (SSSR count). The van der Waals surface area contributed by atoms with E-state index >= 15 is 0 Å². The molecule has 0 aliphatic carbocycles. The predicted octanol–water partition coefficient (Wildman–Crippen LogP) is 2.86. The van der Waals surface area contributed by atoms with Gasteiger partial charge in [0.2, 0.25) is 5.91 Å². The predicted molar refractivity (Wildman–Crippen MR) is 111 cm³/mol. The topological polar surface area (TPSA) is 54.0 Å². The van der Waals surface area contributed by atoms with Crippen molar-refractivity contribution in [2.24, 2.45) is 0 Å². The molecule has 2 aromatic carbocycles. The van der Waals surface area contributed by atoms with Crippen molar-refractivity contribution in [2.45, 2.75) is 0 Å². The molecule has 0 unspecified atom stereocenters. The molecule has 1 amide bonds. The molecule has 2 aromatic rings. The SMILES string of the molecule is CN1CCN(c2ccc(NC(=O)C=Cc3ccc4c(c3)OCCO4)cc2)CC1. The molecule has 2 aliphatic rings. The van der Waals surface area contributed by atoms with Crippen LogP contribution in [0.15, 0.2) is 48.5 Å². The number of hydrogen-bond donors (Lipinski definition) is 1. The molecule has 6 nitrogen and oxygen atoms in total. The number of benzene rings is 2. The van der Waals surface area contributed by atoms with Gasteiger partial charge in [0.05, 0.1) is 0 Å². The number of hydrogen-bond acceptors (Lipinski definition) is 5. The van der Waals surface area contributed by atoms with Gasteiger partial charge < -0.3 is 24.6 Å². The molecule has 0 aromatic heterocycles. The van der Waals surface area contributed by atoms with E-state index in [1.54, 1.807) is 6.08 Å². The normalized spacial score (nSPS) is 17.0. The second kappa shape index (κ2) is 8.35. The molecule has 1 saturated heterocycles. The van der Waals surface area contributed by atoms with Gasteiger partial charge in [0.15, 0.2) is 11.5 Å². The first kappa shape index (κ1) is 18.4. The highest BCUT2D eigenvalue weighted by Crippen LogP contribution is 2.31. The minimum Gasteiger partial charge on any atom is -0.486 e. The van der Waals surface area contributed by atoms with E-state index < -0.39 is 0 Å². The molecule has 0 bridgehead atoms. The number of piperazine rings is 1. The first-order valence-corrected chi connectivity index (χ1v) is 9.60. The van der Waals surface area contributed by atoms with Gasteiger partial charge in [-0.25, -0.2) is 0 Å². The summed E-state index contributed by atoms with van der Waals surface area (Å²) in [7, 11) is 2.15. The second-order valence-corrected chi connectivity index (χ2v) is 7.06. The van der Waals surface area contributed by atoms with Crippen LogP contribution in [-0.2, 0) is 4.79 Å². The van der Waals surface area contributed by atoms with E-state index in [0.29, 0.717) is 19.0 Å². The zero-order chi connectivity index (χ0) is 19.3. The van der Waals surface area contributed by atoms with E-state index in [1.165, 1.54) is 11.8 Å². The van der Waals surface area contributed by atoms with Crippen LogP contribution in [0, 0.1) is 0 Å². The number of amides is 1. The molecule has 0 saturated carbocycles. The second-order valence-electron chi connectivity index (χ2n) is 7.06. The third-order valence-corrected chi connectivity index (χ3v) is 5.00. The summed E-state index contributed by atoms with van der Waals surface area (Å²) < 4.78 is 11.1. The molecule has 2 aliphatic heterocycles. The molecule has 0 atom stereocenters. The maximum atomic E-state index is 12.2. The van der Waals surface area contributed by atoms with Crippen molar-refractivity contribution in [3.8, 4) is 11.5 Å². The molecule has 6 heteroatoms. The summed E-state index contributed by atoms with van der Waals surface area (Å²) in [4.78, 5) is 16.9. The summed E-state index contributed by atoms with van der Waals surface area (Å²) in [6.45, 7) is 5.32. The van der Waals surface area contributed by atoms with Crippen molar-refractivity contribution in [3.63, 3.8) is 0 Å². The van der Waals surface area contributed by atoms with Gasteiger partial charge in [0.1, 0.15) is 13.2 Å². The highest BCUT2D eigenvalue weighted by molar-refractivity contribution is 6.02. The largest absolute Gasteiger partial charge is 0.486 e. The fraction of sp³-hybridized carbons (Fsp3) is 0.318. The molecule has 0 radical (unpaired) electrons. The zero-order valence-electron chi connectivity index (χ0n) is 16.1. The molecule has 2 heterocycles. The molecule has 146 valence electrons. The Morgan fingerprint density at radius 1 is 0.964 bits per heavy atom. The Balaban J connectivity index is 1.34. The Morgan fingerprint density at radius 2 is 1.68 bits per heavy atom. The van der Waals surface area contributed by atoms with Gasteiger partial charge in [-0.15, -0.1) is 0 Å². The maximum absolute atomic E-state index is 12.2. The lowest BCUT2D eigenvalue weighted by Crippen LogP contribution is -2.44. The number of rotatable bonds is 4. The molecule has 28 heavy (non-hydrogen) atoms. The Kier molecular flexibility index (Phi) is 5.48. The van der Waals surface area contributed by atoms with Crippen molar-refractivity contribution in [3.05, 3.63) is 54.1 Å². The monoisotopic (exact) mass is 379 g/mol. The Labute approximate surface area is 165 Å². The summed E-state index contributed by atoms with van der Waals surface area (Å²) in [5.74, 6) is 1.30. The van der Waals surface area contributed by atoms with E-state index in [0.717, 1.165) is 43.2 Å². The average Bonchev–Trinajstić information content (AvgIpc) is 2.73. The van der Waals surface area contributed by atoms with E-state index in [4.69, 9.17) is 9.47 Å². The summed E-state index contributed by atoms with van der Waals surface area (Å²) in [5.41, 5.74) is 2.87. The standard InChI is InChI=1S/C22H25N3O3/c1-24-10-12-25(13-11-24)19-6-4-18(5-7-19)23-22(26)9-3-17-2-8-20-21(16-17)28-15-14-27-20/h2-9,16H,10-15H2,1H3,(H,23,26). The fourth-order valence-electron chi connectivity index (χ4n) is 3.34. The van der Waals surface area contributed by atoms with Crippen molar-refractivity contribution in [2.75, 3.05) is 56.7 Å². The minimum atomic E-state index is -0.165. The van der Waals surface area contributed by atoms with E-state index in [2.05, 4.69) is 34.3 Å². The number of carbonyl (C=O) groups excluding carboxylic acids is 1. The van der Waals surface area contributed by atoms with Gasteiger partial charge >= 0.3 is 0 Å². The van der Waals surface area contributed by atoms with Gasteiger partial charge in [0.25, 0.3) is 0 Å². The Bertz CT molecular complexity index is 856. The average molecular weight is 379 g/mol. The minimum absolute atomic E-state index is 0.165. The van der Waals surface area contributed by atoms with Crippen LogP contribution in [0.25, 0.3) is 6.08 Å². The number of carbonyl (C=O) groups is 1. The van der Waals surface area contributed by atoms with Gasteiger partial charge in [-0.05, 0) is 55.1 Å². The van der Waals surface area contributed by atoms with Crippen molar-refractivity contribution in [1.29, 1.82) is 0 Å². The van der Waals surface area contributed by atoms with Crippen LogP contribution in [-0.4, -0.2) is 57.2 Å². The van der Waals surface area contributed by atoms with Crippen molar-refractivity contribution >= 4 is 23.4 Å². The van der Waals surface area contributed by atoms with Crippen LogP contribution >= 0.6 is 0 Å². The lowest BCUT2D eigenvalue weighted by Gasteiger charge is -2.34. The third kappa shape index (κ3) is 4.46. The number of anilines is 2. The number of nitrogens with one attached hydrogen (secondary N) is 1. The van der Waals surface area contributed by atoms with E-state index in [1.807, 2.05) is 30.3 Å². The van der Waals surface area contributed by atoms with Crippen molar-refractivity contribution < 1.29 is 14.3 Å². The van der Waals surface area contributed by atoms with Gasteiger partial charge in [0, 0.05) is 43.6 Å². The molecular weight excluding hydrogens is 354 g/mol. The van der Waals surface area contributed by atoms with Crippen LogP contribution in [0.5, 0.6) is 11.5 Å².